The summed E-state index contributed by atoms with van der Waals surface area (Å²) in [6.45, 7) is 13.1. The first-order valence-corrected chi connectivity index (χ1v) is 11.7. The molecule has 0 amide bonds. The molecule has 1 heterocycles. The summed E-state index contributed by atoms with van der Waals surface area (Å²) in [5.74, 6) is 0.835. The van der Waals surface area contributed by atoms with Gasteiger partial charge in [0.25, 0.3) is 0 Å². The van der Waals surface area contributed by atoms with Gasteiger partial charge in [0.15, 0.2) is 0 Å². The van der Waals surface area contributed by atoms with Crippen LogP contribution in [0.5, 0.6) is 5.75 Å². The van der Waals surface area contributed by atoms with Gasteiger partial charge in [-0.2, -0.15) is 0 Å². The zero-order chi connectivity index (χ0) is 24.7. The van der Waals surface area contributed by atoms with Crippen LogP contribution in [0.25, 0.3) is 0 Å². The van der Waals surface area contributed by atoms with Crippen molar-refractivity contribution >= 4 is 5.84 Å². The second kappa shape index (κ2) is 8.53. The predicted molar refractivity (Wildman–Crippen MR) is 133 cm³/mol. The van der Waals surface area contributed by atoms with E-state index in [1.165, 1.54) is 29.8 Å². The number of ether oxygens (including phenoxy) is 1. The average molecular weight is 463 g/mol. The van der Waals surface area contributed by atoms with E-state index in [1.807, 2.05) is 26.8 Å². The van der Waals surface area contributed by atoms with Gasteiger partial charge in [0.2, 0.25) is 0 Å². The van der Waals surface area contributed by atoms with Crippen LogP contribution in [0, 0.1) is 11.6 Å². The summed E-state index contributed by atoms with van der Waals surface area (Å²) in [5, 5.41) is 3.63. The fourth-order valence-corrected chi connectivity index (χ4v) is 4.57. The molecule has 1 aliphatic rings. The standard InChI is InChI=1S/C29H32F2N2O/c1-7-34-25-18-21(27(2,3)4)12-17-24(25)26-32-28(5,19-8-13-22(30)14-9-19)29(6,33-26)20-10-15-23(31)16-11-20/h8-18H,7H2,1-6H3,(H,32,33). The van der Waals surface area contributed by atoms with E-state index in [9.17, 15) is 8.78 Å². The third kappa shape index (κ3) is 4.08. The maximum atomic E-state index is 13.8. The van der Waals surface area contributed by atoms with Gasteiger partial charge in [0.1, 0.15) is 28.8 Å². The third-order valence-corrected chi connectivity index (χ3v) is 6.91. The van der Waals surface area contributed by atoms with E-state index in [2.05, 4.69) is 38.2 Å². The molecule has 34 heavy (non-hydrogen) atoms. The highest BCUT2D eigenvalue weighted by atomic mass is 19.1. The van der Waals surface area contributed by atoms with Gasteiger partial charge in [0.05, 0.1) is 17.7 Å². The van der Waals surface area contributed by atoms with Gasteiger partial charge in [-0.3, -0.25) is 4.99 Å². The Morgan fingerprint density at radius 2 is 1.41 bits per heavy atom. The summed E-state index contributed by atoms with van der Waals surface area (Å²) in [6.07, 6.45) is 0. The fourth-order valence-electron chi connectivity index (χ4n) is 4.57. The van der Waals surface area contributed by atoms with E-state index in [0.717, 1.165) is 22.4 Å². The number of amidine groups is 1. The average Bonchev–Trinajstić information content (AvgIpc) is 3.06. The lowest BCUT2D eigenvalue weighted by atomic mass is 9.72. The number of hydrogen-bond donors (Lipinski definition) is 1. The summed E-state index contributed by atoms with van der Waals surface area (Å²) in [4.78, 5) is 5.19. The molecular formula is C29H32F2N2O. The van der Waals surface area contributed by atoms with Crippen LogP contribution in [0.3, 0.4) is 0 Å². The van der Waals surface area contributed by atoms with Gasteiger partial charge in [-0.25, -0.2) is 8.78 Å². The van der Waals surface area contributed by atoms with Gasteiger partial charge in [-0.1, -0.05) is 51.1 Å². The highest BCUT2D eigenvalue weighted by Crippen LogP contribution is 2.48. The molecule has 0 aliphatic carbocycles. The fraction of sp³-hybridized carbons (Fsp3) is 0.345. The smallest absolute Gasteiger partial charge is 0.133 e. The molecule has 3 nitrogen and oxygen atoms in total. The summed E-state index contributed by atoms with van der Waals surface area (Å²) in [6, 6.07) is 19.1. The quantitative estimate of drug-likeness (QED) is 0.450. The van der Waals surface area contributed by atoms with Gasteiger partial charge in [-0.15, -0.1) is 0 Å². The third-order valence-electron chi connectivity index (χ3n) is 6.91. The number of rotatable bonds is 5. The maximum Gasteiger partial charge on any atom is 0.133 e. The van der Waals surface area contributed by atoms with Crippen LogP contribution < -0.4 is 10.1 Å². The second-order valence-electron chi connectivity index (χ2n) is 10.2. The molecule has 2 unspecified atom stereocenters. The lowest BCUT2D eigenvalue weighted by molar-refractivity contribution is 0.268. The van der Waals surface area contributed by atoms with E-state index in [-0.39, 0.29) is 17.0 Å². The number of nitrogens with one attached hydrogen (secondary N) is 1. The van der Waals surface area contributed by atoms with Crippen molar-refractivity contribution < 1.29 is 13.5 Å². The van der Waals surface area contributed by atoms with Crippen molar-refractivity contribution in [2.24, 2.45) is 4.99 Å². The SMILES string of the molecule is CCOc1cc(C(C)(C)C)ccc1C1=NC(C)(c2ccc(F)cc2)C(C)(c2ccc(F)cc2)N1. The van der Waals surface area contributed by atoms with Crippen LogP contribution in [0.2, 0.25) is 0 Å². The monoisotopic (exact) mass is 462 g/mol. The van der Waals surface area contributed by atoms with Gasteiger partial charge < -0.3 is 10.1 Å². The Hall–Kier alpha value is -3.21. The predicted octanol–water partition coefficient (Wildman–Crippen LogP) is 6.84. The Balaban J connectivity index is 1.90. The zero-order valence-electron chi connectivity index (χ0n) is 20.7. The van der Waals surface area contributed by atoms with Crippen LogP contribution in [0.1, 0.15) is 63.8 Å². The van der Waals surface area contributed by atoms with Crippen LogP contribution in [0.4, 0.5) is 8.78 Å². The Labute approximate surface area is 200 Å². The minimum Gasteiger partial charge on any atom is -0.493 e. The number of halogens is 2. The molecule has 1 aliphatic heterocycles. The van der Waals surface area contributed by atoms with E-state index < -0.39 is 11.1 Å². The first-order chi connectivity index (χ1) is 16.0. The number of aliphatic imine (C=N–C) groups is 1. The molecule has 178 valence electrons. The Morgan fingerprint density at radius 3 is 1.94 bits per heavy atom. The van der Waals surface area contributed by atoms with Crippen LogP contribution >= 0.6 is 0 Å². The van der Waals surface area contributed by atoms with Crippen LogP contribution in [0.15, 0.2) is 71.7 Å². The molecular weight excluding hydrogens is 430 g/mol. The number of benzene rings is 3. The molecule has 5 heteroatoms. The van der Waals surface area contributed by atoms with Crippen LogP contribution in [-0.2, 0) is 16.5 Å². The molecule has 0 fully saturated rings. The number of hydrogen-bond acceptors (Lipinski definition) is 3. The summed E-state index contributed by atoms with van der Waals surface area (Å²) >= 11 is 0. The Morgan fingerprint density at radius 1 is 0.853 bits per heavy atom. The first kappa shape index (κ1) is 23.9. The molecule has 4 rings (SSSR count). The molecule has 0 saturated heterocycles. The van der Waals surface area contributed by atoms with E-state index in [1.54, 1.807) is 24.3 Å². The van der Waals surface area contributed by atoms with Crippen molar-refractivity contribution in [3.05, 3.63) is 101 Å². The first-order valence-electron chi connectivity index (χ1n) is 11.7. The van der Waals surface area contributed by atoms with Crippen molar-refractivity contribution in [1.82, 2.24) is 5.32 Å². The highest BCUT2D eigenvalue weighted by molar-refractivity contribution is 6.03. The highest BCUT2D eigenvalue weighted by Gasteiger charge is 2.52. The van der Waals surface area contributed by atoms with Crippen molar-refractivity contribution in [2.45, 2.75) is 58.0 Å². The zero-order valence-corrected chi connectivity index (χ0v) is 20.7. The summed E-state index contributed by atoms with van der Waals surface area (Å²) in [5.41, 5.74) is 2.21. The Kier molecular flexibility index (Phi) is 6.01. The molecule has 0 aromatic heterocycles. The van der Waals surface area contributed by atoms with Crippen molar-refractivity contribution in [3.63, 3.8) is 0 Å². The van der Waals surface area contributed by atoms with E-state index >= 15 is 0 Å². The minimum absolute atomic E-state index is 0.0272. The maximum absolute atomic E-state index is 13.8. The molecule has 2 atom stereocenters. The molecule has 0 radical (unpaired) electrons. The lowest BCUT2D eigenvalue weighted by Gasteiger charge is -2.40. The van der Waals surface area contributed by atoms with Gasteiger partial charge >= 0.3 is 0 Å². The minimum atomic E-state index is -0.792. The molecule has 0 saturated carbocycles. The van der Waals surface area contributed by atoms with Crippen molar-refractivity contribution in [3.8, 4) is 5.75 Å². The van der Waals surface area contributed by atoms with Crippen LogP contribution in [-0.4, -0.2) is 12.4 Å². The second-order valence-corrected chi connectivity index (χ2v) is 10.2. The van der Waals surface area contributed by atoms with E-state index in [4.69, 9.17) is 9.73 Å². The summed E-state index contributed by atoms with van der Waals surface area (Å²) < 4.78 is 33.6. The molecule has 1 N–H and O–H groups in total. The molecule has 3 aromatic rings. The van der Waals surface area contributed by atoms with Gasteiger partial charge in [0, 0.05) is 0 Å². The molecule has 0 spiro atoms. The Bertz CT molecular complexity index is 1210. The van der Waals surface area contributed by atoms with E-state index in [0.29, 0.717) is 12.4 Å². The lowest BCUT2D eigenvalue weighted by Crippen LogP contribution is -2.50. The normalized spacial score (nSPS) is 22.3. The topological polar surface area (TPSA) is 33.6 Å². The largest absolute Gasteiger partial charge is 0.493 e. The van der Waals surface area contributed by atoms with Gasteiger partial charge in [-0.05, 0) is 79.3 Å². The van der Waals surface area contributed by atoms with Crippen molar-refractivity contribution in [1.29, 1.82) is 0 Å². The summed E-state index contributed by atoms with van der Waals surface area (Å²) in [7, 11) is 0. The molecule has 3 aromatic carbocycles. The van der Waals surface area contributed by atoms with Crippen molar-refractivity contribution in [2.75, 3.05) is 6.61 Å². The molecule has 0 bridgehead atoms. The number of nitrogens with zero attached hydrogens (tertiary/aromatic N) is 1.